The normalized spacial score (nSPS) is 24.4. The van der Waals surface area contributed by atoms with E-state index in [1.54, 1.807) is 18.2 Å². The van der Waals surface area contributed by atoms with E-state index in [0.717, 1.165) is 5.56 Å². The molecule has 1 aromatic carbocycles. The lowest BCUT2D eigenvalue weighted by Crippen LogP contribution is -2.31. The minimum atomic E-state index is -2.70. The van der Waals surface area contributed by atoms with Crippen LogP contribution in [0.5, 0.6) is 0 Å². The van der Waals surface area contributed by atoms with Crippen LogP contribution in [-0.2, 0) is 12.3 Å². The van der Waals surface area contributed by atoms with Gasteiger partial charge in [-0.1, -0.05) is 24.3 Å². The molecule has 14 heavy (non-hydrogen) atoms. The van der Waals surface area contributed by atoms with Crippen molar-refractivity contribution in [2.24, 2.45) is 11.7 Å². The zero-order valence-electron chi connectivity index (χ0n) is 7.84. The highest BCUT2D eigenvalue weighted by Gasteiger charge is 2.40. The lowest BCUT2D eigenvalue weighted by atomic mass is 9.81. The van der Waals surface area contributed by atoms with Gasteiger partial charge in [0.15, 0.2) is 0 Å². The Balaban J connectivity index is 2.41. The summed E-state index contributed by atoms with van der Waals surface area (Å²) in [7, 11) is 0. The summed E-state index contributed by atoms with van der Waals surface area (Å²) >= 11 is 0. The highest BCUT2D eigenvalue weighted by atomic mass is 19.3. The number of alkyl halides is 2. The van der Waals surface area contributed by atoms with E-state index in [9.17, 15) is 8.78 Å². The molecule has 0 amide bonds. The first kappa shape index (κ1) is 9.59. The van der Waals surface area contributed by atoms with Gasteiger partial charge in [-0.15, -0.1) is 0 Å². The number of halogens is 2. The molecule has 0 fully saturated rings. The highest BCUT2D eigenvalue weighted by Crippen LogP contribution is 2.41. The van der Waals surface area contributed by atoms with E-state index in [1.807, 2.05) is 0 Å². The summed E-state index contributed by atoms with van der Waals surface area (Å²) in [6, 6.07) is 6.75. The molecule has 1 aliphatic rings. The van der Waals surface area contributed by atoms with Crippen LogP contribution in [0.3, 0.4) is 0 Å². The molecule has 1 atom stereocenters. The molecule has 1 unspecified atom stereocenters. The zero-order valence-corrected chi connectivity index (χ0v) is 7.84. The molecule has 0 aliphatic heterocycles. The first-order valence-corrected chi connectivity index (χ1v) is 4.80. The molecule has 0 bridgehead atoms. The van der Waals surface area contributed by atoms with Crippen LogP contribution < -0.4 is 5.73 Å². The number of benzene rings is 1. The quantitative estimate of drug-likeness (QED) is 0.734. The van der Waals surface area contributed by atoms with Crippen molar-refractivity contribution in [2.45, 2.75) is 18.8 Å². The van der Waals surface area contributed by atoms with Gasteiger partial charge in [0.2, 0.25) is 0 Å². The van der Waals surface area contributed by atoms with Gasteiger partial charge in [-0.05, 0) is 24.4 Å². The standard InChI is InChI=1S/C11H13F2N/c12-11(13)6-8(7-14)5-9-3-1-2-4-10(9)11/h1-4,8H,5-7,14H2. The van der Waals surface area contributed by atoms with Crippen LogP contribution >= 0.6 is 0 Å². The van der Waals surface area contributed by atoms with Gasteiger partial charge in [-0.3, -0.25) is 0 Å². The predicted octanol–water partition coefficient (Wildman–Crippen LogP) is 2.30. The molecule has 0 spiro atoms. The summed E-state index contributed by atoms with van der Waals surface area (Å²) in [6.07, 6.45) is 0.572. The maximum atomic E-state index is 13.6. The first-order chi connectivity index (χ1) is 6.63. The van der Waals surface area contributed by atoms with E-state index in [4.69, 9.17) is 5.73 Å². The lowest BCUT2D eigenvalue weighted by molar-refractivity contribution is -0.0364. The second-order valence-electron chi connectivity index (χ2n) is 3.87. The molecule has 2 rings (SSSR count). The second kappa shape index (κ2) is 3.31. The van der Waals surface area contributed by atoms with Gasteiger partial charge in [-0.2, -0.15) is 0 Å². The van der Waals surface area contributed by atoms with Crippen molar-refractivity contribution in [1.29, 1.82) is 0 Å². The summed E-state index contributed by atoms with van der Waals surface area (Å²) in [5.74, 6) is -2.78. The van der Waals surface area contributed by atoms with Crippen molar-refractivity contribution in [3.63, 3.8) is 0 Å². The van der Waals surface area contributed by atoms with Gasteiger partial charge >= 0.3 is 0 Å². The fraction of sp³-hybridized carbons (Fsp3) is 0.455. The fourth-order valence-corrected chi connectivity index (χ4v) is 2.08. The molecule has 2 N–H and O–H groups in total. The molecule has 0 radical (unpaired) electrons. The van der Waals surface area contributed by atoms with Gasteiger partial charge in [0.25, 0.3) is 5.92 Å². The van der Waals surface area contributed by atoms with Crippen molar-refractivity contribution < 1.29 is 8.78 Å². The predicted molar refractivity (Wildman–Crippen MR) is 51.2 cm³/mol. The highest BCUT2D eigenvalue weighted by molar-refractivity contribution is 5.33. The third-order valence-corrected chi connectivity index (χ3v) is 2.80. The van der Waals surface area contributed by atoms with Crippen molar-refractivity contribution >= 4 is 0 Å². The van der Waals surface area contributed by atoms with Crippen LogP contribution in [0.1, 0.15) is 17.5 Å². The Labute approximate surface area is 81.9 Å². The van der Waals surface area contributed by atoms with Crippen LogP contribution in [-0.4, -0.2) is 6.54 Å². The maximum Gasteiger partial charge on any atom is 0.273 e. The van der Waals surface area contributed by atoms with Crippen LogP contribution in [0.2, 0.25) is 0 Å². The summed E-state index contributed by atoms with van der Waals surface area (Å²) in [4.78, 5) is 0. The molecule has 3 heteroatoms. The SMILES string of the molecule is NCC1Cc2ccccc2C(F)(F)C1. The maximum absolute atomic E-state index is 13.6. The number of hydrogen-bond donors (Lipinski definition) is 1. The Kier molecular flexibility index (Phi) is 2.27. The third kappa shape index (κ3) is 1.52. The van der Waals surface area contributed by atoms with Gasteiger partial charge in [0, 0.05) is 12.0 Å². The Morgan fingerprint density at radius 3 is 2.79 bits per heavy atom. The summed E-state index contributed by atoms with van der Waals surface area (Å²) in [5, 5.41) is 0. The van der Waals surface area contributed by atoms with E-state index < -0.39 is 5.92 Å². The third-order valence-electron chi connectivity index (χ3n) is 2.80. The van der Waals surface area contributed by atoms with Crippen LogP contribution in [0.4, 0.5) is 8.78 Å². The van der Waals surface area contributed by atoms with Crippen molar-refractivity contribution in [3.8, 4) is 0 Å². The van der Waals surface area contributed by atoms with Crippen LogP contribution in [0.15, 0.2) is 24.3 Å². The smallest absolute Gasteiger partial charge is 0.273 e. The molecule has 0 heterocycles. The van der Waals surface area contributed by atoms with Crippen LogP contribution in [0.25, 0.3) is 0 Å². The van der Waals surface area contributed by atoms with Crippen molar-refractivity contribution in [2.75, 3.05) is 6.54 Å². The van der Waals surface area contributed by atoms with Gasteiger partial charge in [0.05, 0.1) is 0 Å². The average Bonchev–Trinajstić information content (AvgIpc) is 2.17. The Hall–Kier alpha value is -0.960. The number of fused-ring (bicyclic) bond motifs is 1. The molecule has 1 aliphatic carbocycles. The topological polar surface area (TPSA) is 26.0 Å². The van der Waals surface area contributed by atoms with Gasteiger partial charge < -0.3 is 5.73 Å². The Morgan fingerprint density at radius 1 is 1.36 bits per heavy atom. The molecular weight excluding hydrogens is 184 g/mol. The molecule has 0 aromatic heterocycles. The molecular formula is C11H13F2N. The van der Waals surface area contributed by atoms with E-state index >= 15 is 0 Å². The average molecular weight is 197 g/mol. The minimum Gasteiger partial charge on any atom is -0.330 e. The number of rotatable bonds is 1. The number of hydrogen-bond acceptors (Lipinski definition) is 1. The van der Waals surface area contributed by atoms with E-state index in [2.05, 4.69) is 0 Å². The lowest BCUT2D eigenvalue weighted by Gasteiger charge is -2.30. The van der Waals surface area contributed by atoms with Crippen molar-refractivity contribution in [3.05, 3.63) is 35.4 Å². The van der Waals surface area contributed by atoms with Gasteiger partial charge in [0.1, 0.15) is 0 Å². The summed E-state index contributed by atoms with van der Waals surface area (Å²) in [5.41, 5.74) is 6.38. The molecule has 1 aromatic rings. The fourth-order valence-electron chi connectivity index (χ4n) is 2.08. The minimum absolute atomic E-state index is 0.0834. The molecule has 0 saturated carbocycles. The van der Waals surface area contributed by atoms with E-state index in [-0.39, 0.29) is 17.9 Å². The summed E-state index contributed by atoms with van der Waals surface area (Å²) < 4.78 is 27.2. The Bertz CT molecular complexity index is 336. The summed E-state index contributed by atoms with van der Waals surface area (Å²) in [6.45, 7) is 0.337. The zero-order chi connectivity index (χ0) is 10.2. The molecule has 76 valence electrons. The first-order valence-electron chi connectivity index (χ1n) is 4.80. The van der Waals surface area contributed by atoms with E-state index in [0.29, 0.717) is 13.0 Å². The van der Waals surface area contributed by atoms with E-state index in [1.165, 1.54) is 6.07 Å². The van der Waals surface area contributed by atoms with Crippen molar-refractivity contribution in [1.82, 2.24) is 0 Å². The number of nitrogens with two attached hydrogens (primary N) is 1. The molecule has 1 nitrogen and oxygen atoms in total. The van der Waals surface area contributed by atoms with Gasteiger partial charge in [-0.25, -0.2) is 8.78 Å². The monoisotopic (exact) mass is 197 g/mol. The largest absolute Gasteiger partial charge is 0.330 e. The van der Waals surface area contributed by atoms with Crippen LogP contribution in [0, 0.1) is 5.92 Å². The Morgan fingerprint density at radius 2 is 2.07 bits per heavy atom. The second-order valence-corrected chi connectivity index (χ2v) is 3.87. The molecule has 0 saturated heterocycles.